The first-order valence-electron chi connectivity index (χ1n) is 10.8. The van der Waals surface area contributed by atoms with E-state index in [0.29, 0.717) is 13.2 Å². The van der Waals surface area contributed by atoms with Gasteiger partial charge in [-0.3, -0.25) is 9.80 Å². The van der Waals surface area contributed by atoms with Crippen LogP contribution in [-0.2, 0) is 11.3 Å². The lowest BCUT2D eigenvalue weighted by molar-refractivity contribution is 0.0598. The molecule has 1 aliphatic heterocycles. The van der Waals surface area contributed by atoms with Crippen LogP contribution in [0.15, 0.2) is 54.6 Å². The lowest BCUT2D eigenvalue weighted by atomic mass is 10.2. The number of hydrogen-bond acceptors (Lipinski definition) is 5. The molecule has 1 heterocycles. The van der Waals surface area contributed by atoms with Gasteiger partial charge >= 0.3 is 0 Å². The molecule has 0 saturated carbocycles. The predicted molar refractivity (Wildman–Crippen MR) is 122 cm³/mol. The van der Waals surface area contributed by atoms with E-state index in [1.54, 1.807) is 7.11 Å². The Bertz CT molecular complexity index is 771. The highest BCUT2D eigenvalue weighted by atomic mass is 16.5. The summed E-state index contributed by atoms with van der Waals surface area (Å²) in [5.74, 6) is 1.50. The molecule has 5 nitrogen and oxygen atoms in total. The van der Waals surface area contributed by atoms with Gasteiger partial charge < -0.3 is 14.2 Å². The molecule has 0 amide bonds. The minimum atomic E-state index is 0.518. The highest BCUT2D eigenvalue weighted by molar-refractivity contribution is 5.55. The second-order valence-corrected chi connectivity index (χ2v) is 7.47. The quantitative estimate of drug-likeness (QED) is 0.524. The summed E-state index contributed by atoms with van der Waals surface area (Å²) in [7, 11) is 1.66. The Morgan fingerprint density at radius 3 is 2.37 bits per heavy atom. The van der Waals surface area contributed by atoms with Gasteiger partial charge in [-0.05, 0) is 30.2 Å². The van der Waals surface area contributed by atoms with Crippen LogP contribution >= 0.6 is 0 Å². The molecule has 0 N–H and O–H groups in total. The Hall–Kier alpha value is -2.34. The van der Waals surface area contributed by atoms with Crippen molar-refractivity contribution in [3.05, 3.63) is 65.7 Å². The van der Waals surface area contributed by atoms with Gasteiger partial charge in [0.25, 0.3) is 0 Å². The summed E-state index contributed by atoms with van der Waals surface area (Å²) in [5.41, 5.74) is 2.49. The molecule has 162 valence electrons. The molecule has 1 aliphatic rings. The zero-order chi connectivity index (χ0) is 21.0. The largest absolute Gasteiger partial charge is 0.493 e. The predicted octanol–water partition coefficient (Wildman–Crippen LogP) is 3.94. The monoisotopic (exact) mass is 410 g/mol. The molecule has 0 atom stereocenters. The van der Waals surface area contributed by atoms with Gasteiger partial charge in [-0.1, -0.05) is 48.6 Å². The van der Waals surface area contributed by atoms with Crippen LogP contribution in [0.5, 0.6) is 11.5 Å². The lowest BCUT2D eigenvalue weighted by Gasteiger charge is -2.34. The summed E-state index contributed by atoms with van der Waals surface area (Å²) in [6.45, 7) is 10.3. The molecule has 0 bridgehead atoms. The van der Waals surface area contributed by atoms with Gasteiger partial charge in [-0.2, -0.15) is 0 Å². The molecule has 5 heteroatoms. The van der Waals surface area contributed by atoms with Crippen LogP contribution in [0.25, 0.3) is 6.08 Å². The number of methoxy groups -OCH3 is 1. The fraction of sp³-hybridized carbons (Fsp3) is 0.440. The fourth-order valence-electron chi connectivity index (χ4n) is 3.62. The first-order chi connectivity index (χ1) is 14.8. The SMILES string of the molecule is CC=Cc1ccc(OCCOCCN2CCN(Cc3ccccc3)CC2)c(OC)c1. The summed E-state index contributed by atoms with van der Waals surface area (Å²) in [6.07, 6.45) is 4.04. The molecule has 2 aromatic rings. The molecular formula is C25H34N2O3. The number of rotatable bonds is 11. The summed E-state index contributed by atoms with van der Waals surface area (Å²) < 4.78 is 17.0. The van der Waals surface area contributed by atoms with Crippen molar-refractivity contribution >= 4 is 6.08 Å². The maximum atomic E-state index is 5.83. The van der Waals surface area contributed by atoms with Gasteiger partial charge in [0.2, 0.25) is 0 Å². The minimum absolute atomic E-state index is 0.518. The molecule has 30 heavy (non-hydrogen) atoms. The van der Waals surface area contributed by atoms with Gasteiger partial charge in [0.1, 0.15) is 6.61 Å². The number of hydrogen-bond donors (Lipinski definition) is 0. The van der Waals surface area contributed by atoms with Crippen LogP contribution in [0.4, 0.5) is 0 Å². The molecule has 0 unspecified atom stereocenters. The van der Waals surface area contributed by atoms with Crippen molar-refractivity contribution in [2.45, 2.75) is 13.5 Å². The van der Waals surface area contributed by atoms with E-state index in [-0.39, 0.29) is 0 Å². The van der Waals surface area contributed by atoms with Gasteiger partial charge in [-0.15, -0.1) is 0 Å². The van der Waals surface area contributed by atoms with Crippen molar-refractivity contribution in [2.75, 3.05) is 59.7 Å². The van der Waals surface area contributed by atoms with Gasteiger partial charge in [0, 0.05) is 39.3 Å². The number of ether oxygens (including phenoxy) is 3. The van der Waals surface area contributed by atoms with E-state index in [2.05, 4.69) is 40.1 Å². The molecule has 0 aromatic heterocycles. The Morgan fingerprint density at radius 2 is 1.63 bits per heavy atom. The van der Waals surface area contributed by atoms with E-state index in [9.17, 15) is 0 Å². The van der Waals surface area contributed by atoms with Crippen molar-refractivity contribution < 1.29 is 14.2 Å². The molecule has 3 rings (SSSR count). The van der Waals surface area contributed by atoms with E-state index in [0.717, 1.165) is 62.9 Å². The molecule has 0 radical (unpaired) electrons. The minimum Gasteiger partial charge on any atom is -0.493 e. The van der Waals surface area contributed by atoms with E-state index >= 15 is 0 Å². The summed E-state index contributed by atoms with van der Waals surface area (Å²) in [5, 5.41) is 0. The maximum Gasteiger partial charge on any atom is 0.161 e. The maximum absolute atomic E-state index is 5.83. The van der Waals surface area contributed by atoms with Crippen molar-refractivity contribution in [3.8, 4) is 11.5 Å². The van der Waals surface area contributed by atoms with Crippen LogP contribution < -0.4 is 9.47 Å². The van der Waals surface area contributed by atoms with Crippen LogP contribution in [0.3, 0.4) is 0 Å². The Labute approximate surface area is 180 Å². The topological polar surface area (TPSA) is 34.2 Å². The molecule has 0 aliphatic carbocycles. The number of piperazine rings is 1. The van der Waals surface area contributed by atoms with Crippen molar-refractivity contribution in [2.24, 2.45) is 0 Å². The van der Waals surface area contributed by atoms with Crippen LogP contribution in [0, 0.1) is 0 Å². The molecule has 1 saturated heterocycles. The van der Waals surface area contributed by atoms with Crippen molar-refractivity contribution in [1.29, 1.82) is 0 Å². The third-order valence-corrected chi connectivity index (χ3v) is 5.30. The summed E-state index contributed by atoms with van der Waals surface area (Å²) in [4.78, 5) is 5.00. The highest BCUT2D eigenvalue weighted by Crippen LogP contribution is 2.28. The average molecular weight is 411 g/mol. The highest BCUT2D eigenvalue weighted by Gasteiger charge is 2.16. The zero-order valence-corrected chi connectivity index (χ0v) is 18.3. The zero-order valence-electron chi connectivity index (χ0n) is 18.3. The van der Waals surface area contributed by atoms with E-state index in [1.165, 1.54) is 5.56 Å². The van der Waals surface area contributed by atoms with Crippen molar-refractivity contribution in [1.82, 2.24) is 9.80 Å². The molecule has 0 spiro atoms. The second-order valence-electron chi connectivity index (χ2n) is 7.47. The standard InChI is InChI=1S/C25H34N2O3/c1-3-7-22-10-11-24(25(20-22)28-2)30-19-18-29-17-16-26-12-14-27(15-13-26)21-23-8-5-4-6-9-23/h3-11,20H,12-19,21H2,1-2H3. The Balaban J connectivity index is 1.27. The third kappa shape index (κ3) is 7.17. The third-order valence-electron chi connectivity index (χ3n) is 5.30. The van der Waals surface area contributed by atoms with Crippen LogP contribution in [0.2, 0.25) is 0 Å². The smallest absolute Gasteiger partial charge is 0.161 e. The van der Waals surface area contributed by atoms with Gasteiger partial charge in [0.15, 0.2) is 11.5 Å². The average Bonchev–Trinajstić information content (AvgIpc) is 2.79. The number of allylic oxidation sites excluding steroid dienone is 1. The number of nitrogens with zero attached hydrogens (tertiary/aromatic N) is 2. The summed E-state index contributed by atoms with van der Waals surface area (Å²) >= 11 is 0. The van der Waals surface area contributed by atoms with E-state index in [4.69, 9.17) is 14.2 Å². The molecule has 1 fully saturated rings. The first kappa shape index (κ1) is 22.3. The Morgan fingerprint density at radius 1 is 0.867 bits per heavy atom. The first-order valence-corrected chi connectivity index (χ1v) is 10.8. The lowest BCUT2D eigenvalue weighted by Crippen LogP contribution is -2.46. The van der Waals surface area contributed by atoms with Crippen molar-refractivity contribution in [3.63, 3.8) is 0 Å². The normalized spacial score (nSPS) is 15.5. The van der Waals surface area contributed by atoms with Crippen LogP contribution in [0.1, 0.15) is 18.1 Å². The molecular weight excluding hydrogens is 376 g/mol. The van der Waals surface area contributed by atoms with E-state index < -0.39 is 0 Å². The van der Waals surface area contributed by atoms with Crippen LogP contribution in [-0.4, -0.2) is 69.5 Å². The number of benzene rings is 2. The van der Waals surface area contributed by atoms with Gasteiger partial charge in [0.05, 0.1) is 20.3 Å². The summed E-state index contributed by atoms with van der Waals surface area (Å²) in [6, 6.07) is 16.7. The molecule has 2 aromatic carbocycles. The van der Waals surface area contributed by atoms with Gasteiger partial charge in [-0.25, -0.2) is 0 Å². The van der Waals surface area contributed by atoms with E-state index in [1.807, 2.05) is 37.3 Å². The second kappa shape index (κ2) is 12.4. The Kier molecular flexibility index (Phi) is 9.22. The fourth-order valence-corrected chi connectivity index (χ4v) is 3.62.